The largest absolute Gasteiger partial charge is 0.415 e. The maximum Gasteiger partial charge on any atom is 0.388 e. The second-order valence-corrected chi connectivity index (χ2v) is 3.33. The third kappa shape index (κ3) is 3.48. The van der Waals surface area contributed by atoms with Crippen molar-refractivity contribution in [1.29, 1.82) is 0 Å². The molecule has 0 aliphatic carbocycles. The van der Waals surface area contributed by atoms with Gasteiger partial charge in [0, 0.05) is 13.0 Å². The van der Waals surface area contributed by atoms with Gasteiger partial charge in [0.15, 0.2) is 0 Å². The number of anilines is 1. The predicted molar refractivity (Wildman–Crippen MR) is 56.8 cm³/mol. The molecular weight excluding hydrogens is 276 g/mol. The fourth-order valence-electron chi connectivity index (χ4n) is 1.05. The maximum atomic E-state index is 12.1. The molecule has 0 aromatic carbocycles. The zero-order valence-corrected chi connectivity index (χ0v) is 9.57. The Hall–Kier alpha value is -2.03. The lowest BCUT2D eigenvalue weighted by Gasteiger charge is -2.10. The number of nitro groups is 1. The zero-order chi connectivity index (χ0) is 13.9. The molecule has 1 N–H and O–H groups in total. The lowest BCUT2D eigenvalue weighted by atomic mass is 10.3. The van der Waals surface area contributed by atoms with Gasteiger partial charge in [0.1, 0.15) is 5.69 Å². The number of hydrogen-bond donors (Lipinski definition) is 1. The highest BCUT2D eigenvalue weighted by Crippen LogP contribution is 2.33. The summed E-state index contributed by atoms with van der Waals surface area (Å²) < 4.78 is 28.1. The van der Waals surface area contributed by atoms with E-state index in [4.69, 9.17) is 11.6 Å². The second kappa shape index (κ2) is 5.54. The van der Waals surface area contributed by atoms with Crippen LogP contribution in [-0.2, 0) is 4.79 Å². The number of nitrogens with zero attached hydrogens (tertiary/aromatic N) is 2. The molecule has 18 heavy (non-hydrogen) atoms. The van der Waals surface area contributed by atoms with Gasteiger partial charge in [-0.05, 0) is 0 Å². The Morgan fingerprint density at radius 1 is 1.67 bits per heavy atom. The molecule has 0 aliphatic rings. The van der Waals surface area contributed by atoms with E-state index in [1.807, 2.05) is 0 Å². The molecule has 1 rings (SSSR count). The number of aromatic nitrogens is 1. The molecule has 1 heterocycles. The first kappa shape index (κ1) is 14.0. The summed E-state index contributed by atoms with van der Waals surface area (Å²) in [6.45, 7) is -2.12. The molecule has 0 saturated carbocycles. The molecule has 7 nitrogen and oxygen atoms in total. The van der Waals surface area contributed by atoms with Crippen LogP contribution in [0.3, 0.4) is 0 Å². The molecule has 0 spiro atoms. The highest BCUT2D eigenvalue weighted by atomic mass is 35.5. The predicted octanol–water partition coefficient (Wildman–Crippen LogP) is 2.20. The van der Waals surface area contributed by atoms with E-state index in [0.717, 1.165) is 13.0 Å². The third-order valence-corrected chi connectivity index (χ3v) is 1.91. The van der Waals surface area contributed by atoms with E-state index in [1.54, 1.807) is 0 Å². The summed E-state index contributed by atoms with van der Waals surface area (Å²) in [6, 6.07) is 0.786. The molecule has 0 radical (unpaired) electrons. The minimum atomic E-state index is -3.21. The van der Waals surface area contributed by atoms with Crippen LogP contribution in [0.25, 0.3) is 0 Å². The first-order valence-corrected chi connectivity index (χ1v) is 4.76. The molecule has 10 heteroatoms. The Kier molecular flexibility index (Phi) is 4.32. The highest BCUT2D eigenvalue weighted by Gasteiger charge is 2.22. The van der Waals surface area contributed by atoms with Crippen LogP contribution in [0.2, 0.25) is 5.15 Å². The number of alkyl halides is 2. The third-order valence-electron chi connectivity index (χ3n) is 1.63. The Bertz CT molecular complexity index is 497. The van der Waals surface area contributed by atoms with E-state index in [0.29, 0.717) is 0 Å². The summed E-state index contributed by atoms with van der Waals surface area (Å²) in [5.74, 6) is -1.33. The maximum absolute atomic E-state index is 12.1. The highest BCUT2D eigenvalue weighted by molar-refractivity contribution is 6.31. The van der Waals surface area contributed by atoms with Crippen LogP contribution < -0.4 is 10.1 Å². The van der Waals surface area contributed by atoms with Crippen molar-refractivity contribution in [3.05, 3.63) is 21.3 Å². The molecular formula is C8H6ClF2N3O4. The Morgan fingerprint density at radius 2 is 2.28 bits per heavy atom. The number of carbonyl (C=O) groups excluding carboxylic acids is 1. The molecule has 1 amide bonds. The van der Waals surface area contributed by atoms with Gasteiger partial charge in [-0.3, -0.25) is 14.9 Å². The van der Waals surface area contributed by atoms with Gasteiger partial charge in [-0.15, -0.1) is 0 Å². The van der Waals surface area contributed by atoms with Gasteiger partial charge in [0.25, 0.3) is 0 Å². The van der Waals surface area contributed by atoms with E-state index >= 15 is 0 Å². The van der Waals surface area contributed by atoms with Gasteiger partial charge >= 0.3 is 12.3 Å². The number of rotatable bonds is 4. The number of hydrogen-bond acceptors (Lipinski definition) is 5. The van der Waals surface area contributed by atoms with E-state index in [-0.39, 0.29) is 5.69 Å². The monoisotopic (exact) mass is 281 g/mol. The van der Waals surface area contributed by atoms with Crippen LogP contribution in [-0.4, -0.2) is 22.4 Å². The quantitative estimate of drug-likeness (QED) is 0.518. The number of nitrogens with one attached hydrogen (secondary N) is 1. The smallest absolute Gasteiger partial charge is 0.388 e. The van der Waals surface area contributed by atoms with Gasteiger partial charge in [-0.25, -0.2) is 0 Å². The number of carbonyl (C=O) groups is 1. The number of amides is 1. The molecule has 0 fully saturated rings. The average Bonchev–Trinajstić information content (AvgIpc) is 2.19. The van der Waals surface area contributed by atoms with Crippen molar-refractivity contribution in [2.24, 2.45) is 0 Å². The van der Waals surface area contributed by atoms with Crippen molar-refractivity contribution in [3.63, 3.8) is 0 Å². The van der Waals surface area contributed by atoms with Crippen molar-refractivity contribution in [2.75, 3.05) is 5.32 Å². The summed E-state index contributed by atoms with van der Waals surface area (Å²) in [6.07, 6.45) is 0. The lowest BCUT2D eigenvalue weighted by Crippen LogP contribution is -2.12. The Balaban J connectivity index is 3.27. The minimum Gasteiger partial charge on any atom is -0.415 e. The van der Waals surface area contributed by atoms with Crippen molar-refractivity contribution in [2.45, 2.75) is 13.5 Å². The molecule has 98 valence electrons. The van der Waals surface area contributed by atoms with E-state index in [2.05, 4.69) is 15.0 Å². The van der Waals surface area contributed by atoms with Crippen LogP contribution in [0.5, 0.6) is 5.88 Å². The Morgan fingerprint density at radius 3 is 2.72 bits per heavy atom. The molecule has 1 aromatic rings. The van der Waals surface area contributed by atoms with E-state index < -0.39 is 34.2 Å². The van der Waals surface area contributed by atoms with Crippen LogP contribution in [0.15, 0.2) is 6.07 Å². The van der Waals surface area contributed by atoms with Gasteiger partial charge in [0.2, 0.25) is 16.9 Å². The number of ether oxygens (including phenoxy) is 1. The summed E-state index contributed by atoms with van der Waals surface area (Å²) in [5, 5.41) is 12.0. The standard InChI is InChI=1S/C8H6ClF2N3O4/c1-3(15)12-4-2-5(14(16)17)6(9)13-7(4)18-8(10)11/h2,8H,1H3,(H,12,15). The van der Waals surface area contributed by atoms with Crippen molar-refractivity contribution >= 4 is 28.9 Å². The van der Waals surface area contributed by atoms with Crippen LogP contribution in [0, 0.1) is 10.1 Å². The zero-order valence-electron chi connectivity index (χ0n) is 8.82. The molecule has 0 atom stereocenters. The van der Waals surface area contributed by atoms with Crippen molar-refractivity contribution in [1.82, 2.24) is 4.98 Å². The lowest BCUT2D eigenvalue weighted by molar-refractivity contribution is -0.385. The fourth-order valence-corrected chi connectivity index (χ4v) is 1.25. The topological polar surface area (TPSA) is 94.4 Å². The molecule has 0 saturated heterocycles. The SMILES string of the molecule is CC(=O)Nc1cc([N+](=O)[O-])c(Cl)nc1OC(F)F. The minimum absolute atomic E-state index is 0.362. The fraction of sp³-hybridized carbons (Fsp3) is 0.250. The average molecular weight is 282 g/mol. The molecule has 0 aliphatic heterocycles. The van der Waals surface area contributed by atoms with Crippen molar-refractivity contribution < 1.29 is 23.2 Å². The van der Waals surface area contributed by atoms with Gasteiger partial charge < -0.3 is 10.1 Å². The first-order valence-electron chi connectivity index (χ1n) is 4.38. The van der Waals surface area contributed by atoms with E-state index in [9.17, 15) is 23.7 Å². The van der Waals surface area contributed by atoms with E-state index in [1.165, 1.54) is 0 Å². The second-order valence-electron chi connectivity index (χ2n) is 2.97. The summed E-state index contributed by atoms with van der Waals surface area (Å²) in [4.78, 5) is 23.8. The molecule has 0 unspecified atom stereocenters. The van der Waals surface area contributed by atoms with Crippen molar-refractivity contribution in [3.8, 4) is 5.88 Å². The Labute approximate surface area is 104 Å². The van der Waals surface area contributed by atoms with Gasteiger partial charge in [-0.1, -0.05) is 11.6 Å². The summed E-state index contributed by atoms with van der Waals surface area (Å²) in [7, 11) is 0. The summed E-state index contributed by atoms with van der Waals surface area (Å²) in [5.41, 5.74) is -0.999. The molecule has 1 aromatic heterocycles. The van der Waals surface area contributed by atoms with Crippen LogP contribution >= 0.6 is 11.6 Å². The van der Waals surface area contributed by atoms with Gasteiger partial charge in [-0.2, -0.15) is 13.8 Å². The normalized spacial score (nSPS) is 10.3. The molecule has 0 bridgehead atoms. The first-order chi connectivity index (χ1) is 8.31. The van der Waals surface area contributed by atoms with Gasteiger partial charge in [0.05, 0.1) is 4.92 Å². The summed E-state index contributed by atoms with van der Waals surface area (Å²) >= 11 is 5.43. The van der Waals surface area contributed by atoms with Crippen LogP contribution in [0.1, 0.15) is 6.92 Å². The number of pyridine rings is 1. The van der Waals surface area contributed by atoms with Crippen LogP contribution in [0.4, 0.5) is 20.2 Å². The number of halogens is 3.